The van der Waals surface area contributed by atoms with Crippen molar-refractivity contribution in [3.05, 3.63) is 35.4 Å². The van der Waals surface area contributed by atoms with E-state index in [1.807, 2.05) is 0 Å². The predicted octanol–water partition coefficient (Wildman–Crippen LogP) is -0.0721. The van der Waals surface area contributed by atoms with Crippen molar-refractivity contribution in [2.24, 2.45) is 0 Å². The van der Waals surface area contributed by atoms with E-state index in [2.05, 4.69) is 38.1 Å². The molecule has 1 aromatic carbocycles. The molecule has 0 radical (unpaired) electrons. The first-order valence-electron chi connectivity index (χ1n) is 3.94. The number of hydrogen-bond donors (Lipinski definition) is 0. The van der Waals surface area contributed by atoms with Crippen molar-refractivity contribution < 1.29 is 31.0 Å². The molecule has 0 N–H and O–H groups in total. The SMILES string of the molecule is CCc1ccc(CC)cc1.[H-].[Na+]. The quantitative estimate of drug-likeness (QED) is 0.528. The summed E-state index contributed by atoms with van der Waals surface area (Å²) in [5, 5.41) is 0. The molecule has 1 aromatic rings. The van der Waals surface area contributed by atoms with Crippen molar-refractivity contribution in [2.45, 2.75) is 26.7 Å². The van der Waals surface area contributed by atoms with Gasteiger partial charge < -0.3 is 1.43 Å². The van der Waals surface area contributed by atoms with E-state index in [-0.39, 0.29) is 31.0 Å². The molecule has 0 bridgehead atoms. The van der Waals surface area contributed by atoms with E-state index in [0.717, 1.165) is 12.8 Å². The molecular formula is C10H15Na. The Bertz CT molecular complexity index is 170. The fourth-order valence-electron chi connectivity index (χ4n) is 1.01. The third-order valence-electron chi connectivity index (χ3n) is 1.84. The van der Waals surface area contributed by atoms with Crippen LogP contribution in [0.1, 0.15) is 26.4 Å². The van der Waals surface area contributed by atoms with Gasteiger partial charge in [0.05, 0.1) is 0 Å². The van der Waals surface area contributed by atoms with Crippen LogP contribution in [-0.2, 0) is 12.8 Å². The van der Waals surface area contributed by atoms with Gasteiger partial charge in [0.15, 0.2) is 0 Å². The van der Waals surface area contributed by atoms with E-state index < -0.39 is 0 Å². The van der Waals surface area contributed by atoms with Crippen molar-refractivity contribution in [1.29, 1.82) is 0 Å². The van der Waals surface area contributed by atoms with Crippen LogP contribution >= 0.6 is 0 Å². The van der Waals surface area contributed by atoms with Gasteiger partial charge in [0.1, 0.15) is 0 Å². The van der Waals surface area contributed by atoms with Gasteiger partial charge in [-0.2, -0.15) is 0 Å². The van der Waals surface area contributed by atoms with Crippen LogP contribution in [0.5, 0.6) is 0 Å². The van der Waals surface area contributed by atoms with Gasteiger partial charge in [-0.1, -0.05) is 38.1 Å². The Hall–Kier alpha value is 0.220. The van der Waals surface area contributed by atoms with Gasteiger partial charge in [-0.15, -0.1) is 0 Å². The summed E-state index contributed by atoms with van der Waals surface area (Å²) in [6.07, 6.45) is 2.29. The molecule has 0 heterocycles. The van der Waals surface area contributed by atoms with E-state index >= 15 is 0 Å². The first-order valence-corrected chi connectivity index (χ1v) is 3.94. The Morgan fingerprint density at radius 3 is 1.36 bits per heavy atom. The zero-order valence-corrected chi connectivity index (χ0v) is 9.72. The molecule has 0 unspecified atom stereocenters. The standard InChI is InChI=1S/C10H14.Na.H/c1-3-9-5-7-10(4-2)8-6-9;;/h5-8H,3-4H2,1-2H3;;/q;+1;-1. The van der Waals surface area contributed by atoms with Crippen molar-refractivity contribution in [2.75, 3.05) is 0 Å². The number of rotatable bonds is 2. The Kier molecular flexibility index (Phi) is 5.93. The molecule has 0 saturated heterocycles. The predicted molar refractivity (Wildman–Crippen MR) is 46.3 cm³/mol. The minimum atomic E-state index is 0. The van der Waals surface area contributed by atoms with Gasteiger partial charge in [0, 0.05) is 0 Å². The van der Waals surface area contributed by atoms with Crippen molar-refractivity contribution >= 4 is 0 Å². The maximum absolute atomic E-state index is 2.21. The molecule has 0 amide bonds. The maximum Gasteiger partial charge on any atom is 1.00 e. The van der Waals surface area contributed by atoms with E-state index in [1.54, 1.807) is 0 Å². The Morgan fingerprint density at radius 1 is 0.909 bits per heavy atom. The van der Waals surface area contributed by atoms with Gasteiger partial charge in [-0.25, -0.2) is 0 Å². The van der Waals surface area contributed by atoms with Crippen LogP contribution in [0.15, 0.2) is 24.3 Å². The average Bonchev–Trinajstić information content (AvgIpc) is 2.05. The average molecular weight is 158 g/mol. The fourth-order valence-corrected chi connectivity index (χ4v) is 1.01. The van der Waals surface area contributed by atoms with Crippen LogP contribution in [0.4, 0.5) is 0 Å². The molecule has 0 aliphatic rings. The van der Waals surface area contributed by atoms with Gasteiger partial charge >= 0.3 is 29.6 Å². The summed E-state index contributed by atoms with van der Waals surface area (Å²) in [5.41, 5.74) is 2.86. The summed E-state index contributed by atoms with van der Waals surface area (Å²) in [6, 6.07) is 8.83. The van der Waals surface area contributed by atoms with Crippen LogP contribution < -0.4 is 29.6 Å². The molecule has 0 fully saturated rings. The van der Waals surface area contributed by atoms with Crippen LogP contribution in [0, 0.1) is 0 Å². The zero-order chi connectivity index (χ0) is 7.40. The van der Waals surface area contributed by atoms with Gasteiger partial charge in [-0.3, -0.25) is 0 Å². The summed E-state index contributed by atoms with van der Waals surface area (Å²) >= 11 is 0. The molecular weight excluding hydrogens is 143 g/mol. The van der Waals surface area contributed by atoms with Crippen molar-refractivity contribution in [1.82, 2.24) is 0 Å². The molecule has 0 saturated carbocycles. The maximum atomic E-state index is 2.21. The molecule has 0 spiro atoms. The summed E-state index contributed by atoms with van der Waals surface area (Å²) in [7, 11) is 0. The molecule has 1 heteroatoms. The number of aryl methyl sites for hydroxylation is 2. The largest absolute Gasteiger partial charge is 1.00 e. The second-order valence-electron chi connectivity index (χ2n) is 2.52. The summed E-state index contributed by atoms with van der Waals surface area (Å²) in [5.74, 6) is 0. The van der Waals surface area contributed by atoms with Gasteiger partial charge in [0.25, 0.3) is 0 Å². The topological polar surface area (TPSA) is 0 Å². The molecule has 1 rings (SSSR count). The zero-order valence-electron chi connectivity index (χ0n) is 8.72. The minimum absolute atomic E-state index is 0. The van der Waals surface area contributed by atoms with E-state index in [4.69, 9.17) is 0 Å². The fraction of sp³-hybridized carbons (Fsp3) is 0.400. The monoisotopic (exact) mass is 158 g/mol. The van der Waals surface area contributed by atoms with Crippen molar-refractivity contribution in [3.8, 4) is 0 Å². The smallest absolute Gasteiger partial charge is 1.00 e. The van der Waals surface area contributed by atoms with Gasteiger partial charge in [0.2, 0.25) is 0 Å². The van der Waals surface area contributed by atoms with Crippen LogP contribution in [0.3, 0.4) is 0 Å². The molecule has 0 aromatic heterocycles. The Labute approximate surface area is 92.8 Å². The third kappa shape index (κ3) is 3.42. The van der Waals surface area contributed by atoms with E-state index in [0.29, 0.717) is 0 Å². The molecule has 0 aliphatic heterocycles. The van der Waals surface area contributed by atoms with Crippen LogP contribution in [0.2, 0.25) is 0 Å². The van der Waals surface area contributed by atoms with E-state index in [9.17, 15) is 0 Å². The second-order valence-corrected chi connectivity index (χ2v) is 2.52. The number of benzene rings is 1. The van der Waals surface area contributed by atoms with Crippen LogP contribution in [-0.4, -0.2) is 0 Å². The molecule has 0 aliphatic carbocycles. The molecule has 0 nitrogen and oxygen atoms in total. The summed E-state index contributed by atoms with van der Waals surface area (Å²) < 4.78 is 0. The third-order valence-corrected chi connectivity index (χ3v) is 1.84. The van der Waals surface area contributed by atoms with Crippen LogP contribution in [0.25, 0.3) is 0 Å². The minimum Gasteiger partial charge on any atom is -1.00 e. The molecule has 11 heavy (non-hydrogen) atoms. The number of hydrogen-bond acceptors (Lipinski definition) is 0. The van der Waals surface area contributed by atoms with E-state index in [1.165, 1.54) is 11.1 Å². The first-order chi connectivity index (χ1) is 4.86. The van der Waals surface area contributed by atoms with Crippen molar-refractivity contribution in [3.63, 3.8) is 0 Å². The Morgan fingerprint density at radius 2 is 1.18 bits per heavy atom. The molecule has 56 valence electrons. The summed E-state index contributed by atoms with van der Waals surface area (Å²) in [6.45, 7) is 4.36. The second kappa shape index (κ2) is 5.82. The first kappa shape index (κ1) is 11.2. The summed E-state index contributed by atoms with van der Waals surface area (Å²) in [4.78, 5) is 0. The Balaban J connectivity index is 0. The normalized spacial score (nSPS) is 8.91. The van der Waals surface area contributed by atoms with Gasteiger partial charge in [-0.05, 0) is 24.0 Å². The molecule has 0 atom stereocenters.